The van der Waals surface area contributed by atoms with Crippen LogP contribution in [0.5, 0.6) is 0 Å². The quantitative estimate of drug-likeness (QED) is 0.578. The van der Waals surface area contributed by atoms with E-state index < -0.39 is 0 Å². The van der Waals surface area contributed by atoms with E-state index in [2.05, 4.69) is 6.92 Å². The van der Waals surface area contributed by atoms with Gasteiger partial charge in [-0.1, -0.05) is 13.8 Å². The molecule has 2 aliphatic carbocycles. The first-order valence-corrected chi connectivity index (χ1v) is 7.33. The number of aliphatic hydroxyl groups excluding tert-OH is 1. The number of aliphatic hydroxyl groups is 1. The minimum Gasteiger partial charge on any atom is -0.461 e. The predicted molar refractivity (Wildman–Crippen MR) is 68.2 cm³/mol. The van der Waals surface area contributed by atoms with Crippen molar-refractivity contribution in [3.05, 3.63) is 0 Å². The van der Waals surface area contributed by atoms with Crippen LogP contribution >= 0.6 is 0 Å². The van der Waals surface area contributed by atoms with Crippen LogP contribution in [0.1, 0.15) is 39.5 Å². The summed E-state index contributed by atoms with van der Waals surface area (Å²) in [6.07, 6.45) is 3.62. The van der Waals surface area contributed by atoms with Crippen molar-refractivity contribution in [2.24, 2.45) is 29.1 Å². The van der Waals surface area contributed by atoms with Gasteiger partial charge in [0, 0.05) is 23.2 Å². The Morgan fingerprint density at radius 2 is 2.11 bits per heavy atom. The van der Waals surface area contributed by atoms with Crippen molar-refractivity contribution in [2.75, 3.05) is 0 Å². The molecule has 0 spiro atoms. The van der Waals surface area contributed by atoms with E-state index in [1.54, 1.807) is 0 Å². The molecule has 1 N–H and O–H groups in total. The Morgan fingerprint density at radius 1 is 1.37 bits per heavy atom. The van der Waals surface area contributed by atoms with E-state index in [0.29, 0.717) is 12.8 Å². The molecular weight excluding hydrogens is 244 g/mol. The van der Waals surface area contributed by atoms with Crippen LogP contribution in [0.15, 0.2) is 0 Å². The minimum absolute atomic E-state index is 0.0126. The summed E-state index contributed by atoms with van der Waals surface area (Å²) in [7, 11) is 0. The summed E-state index contributed by atoms with van der Waals surface area (Å²) < 4.78 is 5.58. The van der Waals surface area contributed by atoms with Gasteiger partial charge in [-0.15, -0.1) is 0 Å². The highest BCUT2D eigenvalue weighted by atomic mass is 16.6. The molecule has 19 heavy (non-hydrogen) atoms. The first kappa shape index (κ1) is 13.1. The van der Waals surface area contributed by atoms with E-state index in [1.807, 2.05) is 6.92 Å². The van der Waals surface area contributed by atoms with Crippen LogP contribution in [0, 0.1) is 29.1 Å². The lowest BCUT2D eigenvalue weighted by molar-refractivity contribution is -0.169. The zero-order chi connectivity index (χ0) is 13.8. The molecule has 0 aromatic rings. The number of carbonyl (C=O) groups is 2. The molecule has 0 aromatic carbocycles. The molecule has 1 aliphatic heterocycles. The molecule has 0 unspecified atom stereocenters. The summed E-state index contributed by atoms with van der Waals surface area (Å²) in [5.41, 5.74) is -0.282. The van der Waals surface area contributed by atoms with Crippen LogP contribution in [0.25, 0.3) is 0 Å². The van der Waals surface area contributed by atoms with E-state index in [4.69, 9.17) is 4.74 Å². The van der Waals surface area contributed by atoms with E-state index in [9.17, 15) is 14.7 Å². The first-order valence-electron chi connectivity index (χ1n) is 7.33. The Labute approximate surface area is 113 Å². The smallest absolute Gasteiger partial charge is 0.309 e. The largest absolute Gasteiger partial charge is 0.461 e. The molecule has 106 valence electrons. The molecule has 3 aliphatic rings. The van der Waals surface area contributed by atoms with Gasteiger partial charge >= 0.3 is 5.97 Å². The number of aldehydes is 1. The number of hydrogen-bond acceptors (Lipinski definition) is 4. The highest BCUT2D eigenvalue weighted by molar-refractivity contribution is 5.75. The fourth-order valence-electron chi connectivity index (χ4n) is 4.70. The Bertz CT molecular complexity index is 407. The monoisotopic (exact) mass is 266 g/mol. The number of carbonyl (C=O) groups excluding carboxylic acids is 2. The van der Waals surface area contributed by atoms with Gasteiger partial charge in [-0.05, 0) is 25.7 Å². The van der Waals surface area contributed by atoms with Gasteiger partial charge in [0.1, 0.15) is 12.4 Å². The zero-order valence-electron chi connectivity index (χ0n) is 11.5. The normalized spacial score (nSPS) is 53.1. The lowest BCUT2D eigenvalue weighted by Gasteiger charge is -2.54. The number of hydrogen-bond donors (Lipinski definition) is 1. The van der Waals surface area contributed by atoms with Crippen molar-refractivity contribution >= 4 is 12.3 Å². The van der Waals surface area contributed by atoms with Gasteiger partial charge in [0.05, 0.1) is 12.0 Å². The van der Waals surface area contributed by atoms with Crippen molar-refractivity contribution in [3.8, 4) is 0 Å². The molecule has 0 bridgehead atoms. The Morgan fingerprint density at radius 3 is 2.79 bits per heavy atom. The molecule has 0 amide bonds. The van der Waals surface area contributed by atoms with Gasteiger partial charge in [-0.3, -0.25) is 4.79 Å². The molecule has 7 atom stereocenters. The van der Waals surface area contributed by atoms with Gasteiger partial charge in [0.2, 0.25) is 0 Å². The SMILES string of the molecule is C[C@@H]1C(=O)O[C@H]2[C@H]1CC[C@]1(C)[C@@H]2[C@H](C=O)CC[C@H]1O. The van der Waals surface area contributed by atoms with Gasteiger partial charge in [0.15, 0.2) is 0 Å². The van der Waals surface area contributed by atoms with E-state index in [0.717, 1.165) is 19.1 Å². The van der Waals surface area contributed by atoms with Crippen molar-refractivity contribution < 1.29 is 19.4 Å². The van der Waals surface area contributed by atoms with Crippen LogP contribution < -0.4 is 0 Å². The van der Waals surface area contributed by atoms with Gasteiger partial charge in [-0.2, -0.15) is 0 Å². The molecule has 1 heterocycles. The van der Waals surface area contributed by atoms with Crippen LogP contribution in [-0.2, 0) is 14.3 Å². The van der Waals surface area contributed by atoms with Crippen molar-refractivity contribution in [1.82, 2.24) is 0 Å². The average molecular weight is 266 g/mol. The number of fused-ring (bicyclic) bond motifs is 3. The fourth-order valence-corrected chi connectivity index (χ4v) is 4.70. The highest BCUT2D eigenvalue weighted by Crippen LogP contribution is 2.57. The second-order valence-electron chi connectivity index (χ2n) is 6.82. The molecule has 4 heteroatoms. The Balaban J connectivity index is 1.98. The molecule has 3 rings (SSSR count). The molecule has 3 fully saturated rings. The number of esters is 1. The maximum Gasteiger partial charge on any atom is 0.309 e. The molecule has 0 aromatic heterocycles. The summed E-state index contributed by atoms with van der Waals surface area (Å²) in [4.78, 5) is 23.2. The van der Waals surface area contributed by atoms with Crippen LogP contribution in [0.4, 0.5) is 0 Å². The van der Waals surface area contributed by atoms with Crippen molar-refractivity contribution in [3.63, 3.8) is 0 Å². The second kappa shape index (κ2) is 4.30. The van der Waals surface area contributed by atoms with Gasteiger partial charge in [-0.25, -0.2) is 0 Å². The summed E-state index contributed by atoms with van der Waals surface area (Å²) in [5.74, 6) is -0.0797. The average Bonchev–Trinajstić information content (AvgIpc) is 2.67. The van der Waals surface area contributed by atoms with Gasteiger partial charge in [0.25, 0.3) is 0 Å². The second-order valence-corrected chi connectivity index (χ2v) is 6.82. The zero-order valence-corrected chi connectivity index (χ0v) is 11.5. The molecule has 1 saturated heterocycles. The Hall–Kier alpha value is -0.900. The third-order valence-corrected chi connectivity index (χ3v) is 5.99. The predicted octanol–water partition coefficient (Wildman–Crippen LogP) is 1.55. The standard InChI is InChI=1S/C15H22O4/c1-8-10-5-6-15(2)11(17)4-3-9(7-16)12(15)13(10)19-14(8)18/h7-13,17H,3-6H2,1-2H3/t8-,9-,10-,11+,12+,13-,15-/m0/s1. The van der Waals surface area contributed by atoms with Crippen LogP contribution in [-0.4, -0.2) is 29.6 Å². The fraction of sp³-hybridized carbons (Fsp3) is 0.867. The lowest BCUT2D eigenvalue weighted by atomic mass is 9.52. The van der Waals surface area contributed by atoms with Gasteiger partial charge < -0.3 is 14.6 Å². The third kappa shape index (κ3) is 1.69. The van der Waals surface area contributed by atoms with E-state index in [1.165, 1.54) is 0 Å². The third-order valence-electron chi connectivity index (χ3n) is 5.99. The summed E-state index contributed by atoms with van der Waals surface area (Å²) in [5, 5.41) is 10.4. The first-order chi connectivity index (χ1) is 8.99. The molecular formula is C15H22O4. The van der Waals surface area contributed by atoms with Crippen molar-refractivity contribution in [2.45, 2.75) is 51.7 Å². The molecule has 2 saturated carbocycles. The van der Waals surface area contributed by atoms with E-state index in [-0.39, 0.29) is 47.3 Å². The van der Waals surface area contributed by atoms with Crippen LogP contribution in [0.2, 0.25) is 0 Å². The Kier molecular flexibility index (Phi) is 2.97. The van der Waals surface area contributed by atoms with E-state index >= 15 is 0 Å². The maximum absolute atomic E-state index is 11.8. The summed E-state index contributed by atoms with van der Waals surface area (Å²) in [6, 6.07) is 0. The van der Waals surface area contributed by atoms with Crippen molar-refractivity contribution in [1.29, 1.82) is 0 Å². The maximum atomic E-state index is 11.8. The number of rotatable bonds is 1. The topological polar surface area (TPSA) is 63.6 Å². The molecule has 4 nitrogen and oxygen atoms in total. The minimum atomic E-state index is -0.385. The molecule has 0 radical (unpaired) electrons. The number of ether oxygens (including phenoxy) is 1. The summed E-state index contributed by atoms with van der Waals surface area (Å²) >= 11 is 0. The summed E-state index contributed by atoms with van der Waals surface area (Å²) in [6.45, 7) is 3.98. The lowest BCUT2D eigenvalue weighted by Crippen LogP contribution is -2.56. The highest BCUT2D eigenvalue weighted by Gasteiger charge is 2.60. The van der Waals surface area contributed by atoms with Crippen LogP contribution in [0.3, 0.4) is 0 Å².